The van der Waals surface area contributed by atoms with Crippen molar-refractivity contribution < 1.29 is 9.59 Å². The first-order valence-electron chi connectivity index (χ1n) is 8.88. The van der Waals surface area contributed by atoms with E-state index in [1.165, 1.54) is 0 Å². The van der Waals surface area contributed by atoms with Crippen molar-refractivity contribution in [2.24, 2.45) is 0 Å². The van der Waals surface area contributed by atoms with Gasteiger partial charge < -0.3 is 21.5 Å². The summed E-state index contributed by atoms with van der Waals surface area (Å²) in [6.45, 7) is 3.14. The average molecular weight is 433 g/mol. The third kappa shape index (κ3) is 7.33. The van der Waals surface area contributed by atoms with Gasteiger partial charge in [0.1, 0.15) is 0 Å². The Balaban J connectivity index is 2.06. The molecule has 0 aliphatic carbocycles. The van der Waals surface area contributed by atoms with Gasteiger partial charge in [-0.05, 0) is 55.7 Å². The molecule has 0 bridgehead atoms. The summed E-state index contributed by atoms with van der Waals surface area (Å²) in [4.78, 5) is 23.6. The number of benzene rings is 2. The highest BCUT2D eigenvalue weighted by Gasteiger charge is 2.10. The maximum absolute atomic E-state index is 11.8. The van der Waals surface area contributed by atoms with Gasteiger partial charge in [-0.25, -0.2) is 0 Å². The Hall–Kier alpha value is -2.70. The quantitative estimate of drug-likeness (QED) is 0.423. The van der Waals surface area contributed by atoms with Crippen molar-refractivity contribution in [1.29, 1.82) is 10.8 Å². The number of hydrogen-bond donors (Lipinski definition) is 4. The third-order valence-electron chi connectivity index (χ3n) is 3.87. The molecule has 152 valence electrons. The Bertz CT molecular complexity index is 896. The second-order valence-corrected chi connectivity index (χ2v) is 7.63. The lowest BCUT2D eigenvalue weighted by Crippen LogP contribution is -2.14. The molecule has 4 N–H and O–H groups in total. The Morgan fingerprint density at radius 1 is 0.793 bits per heavy atom. The van der Waals surface area contributed by atoms with Crippen molar-refractivity contribution in [1.82, 2.24) is 0 Å². The summed E-state index contributed by atoms with van der Waals surface area (Å²) in [5.74, 6) is -0.565. The molecule has 2 rings (SSSR count). The van der Waals surface area contributed by atoms with Crippen LogP contribution in [0.4, 0.5) is 11.4 Å². The average Bonchev–Trinajstić information content (AvgIpc) is 2.58. The van der Waals surface area contributed by atoms with E-state index in [9.17, 15) is 9.59 Å². The van der Waals surface area contributed by atoms with Crippen LogP contribution in [0, 0.1) is 10.8 Å². The van der Waals surface area contributed by atoms with E-state index in [1.54, 1.807) is 38.1 Å². The van der Waals surface area contributed by atoms with Gasteiger partial charge in [-0.2, -0.15) is 0 Å². The van der Waals surface area contributed by atoms with E-state index < -0.39 is 0 Å². The molecule has 0 radical (unpaired) electrons. The van der Waals surface area contributed by atoms with Gasteiger partial charge in [0, 0.05) is 11.4 Å². The van der Waals surface area contributed by atoms with Gasteiger partial charge in [0.05, 0.1) is 34.3 Å². The highest BCUT2D eigenvalue weighted by atomic mass is 35.5. The zero-order valence-corrected chi connectivity index (χ0v) is 17.7. The fraction of sp³-hybridized carbons (Fsp3) is 0.238. The summed E-state index contributed by atoms with van der Waals surface area (Å²) in [5.41, 5.74) is 3.42. The van der Waals surface area contributed by atoms with E-state index in [4.69, 9.17) is 34.0 Å². The molecule has 0 aromatic heterocycles. The summed E-state index contributed by atoms with van der Waals surface area (Å²) in [6.07, 6.45) is 0.624. The molecule has 0 saturated carbocycles. The van der Waals surface area contributed by atoms with Crippen molar-refractivity contribution in [3.8, 4) is 0 Å². The lowest BCUT2D eigenvalue weighted by atomic mass is 10.0. The van der Waals surface area contributed by atoms with Gasteiger partial charge in [0.2, 0.25) is 11.8 Å². The minimum atomic E-state index is -0.283. The molecule has 0 atom stereocenters. The molecule has 8 heteroatoms. The SMILES string of the molecule is CC(=N)CC(=O)Nc1ccc(Cc2ccc(NC(=O)CC(C)=N)c(Cl)c2)cc1Cl. The normalized spacial score (nSPS) is 10.3. The van der Waals surface area contributed by atoms with E-state index >= 15 is 0 Å². The predicted molar refractivity (Wildman–Crippen MR) is 119 cm³/mol. The number of rotatable bonds is 8. The van der Waals surface area contributed by atoms with Crippen LogP contribution in [0.5, 0.6) is 0 Å². The lowest BCUT2D eigenvalue weighted by Gasteiger charge is -2.11. The molecule has 2 amide bonds. The number of halogens is 2. The van der Waals surface area contributed by atoms with Crippen LogP contribution in [0.3, 0.4) is 0 Å². The van der Waals surface area contributed by atoms with E-state index in [0.29, 0.717) is 27.8 Å². The molecule has 0 saturated heterocycles. The zero-order chi connectivity index (χ0) is 21.6. The van der Waals surface area contributed by atoms with Crippen molar-refractivity contribution in [2.45, 2.75) is 33.1 Å². The zero-order valence-electron chi connectivity index (χ0n) is 16.2. The van der Waals surface area contributed by atoms with E-state index in [0.717, 1.165) is 11.1 Å². The fourth-order valence-corrected chi connectivity index (χ4v) is 3.15. The summed E-state index contributed by atoms with van der Waals surface area (Å²) in [6, 6.07) is 10.7. The summed E-state index contributed by atoms with van der Waals surface area (Å²) >= 11 is 12.5. The molecule has 6 nitrogen and oxygen atoms in total. The fourth-order valence-electron chi connectivity index (χ4n) is 2.65. The molecule has 0 aliphatic heterocycles. The highest BCUT2D eigenvalue weighted by Crippen LogP contribution is 2.27. The van der Waals surface area contributed by atoms with Crippen LogP contribution >= 0.6 is 23.2 Å². The van der Waals surface area contributed by atoms with Crippen LogP contribution in [0.1, 0.15) is 37.8 Å². The van der Waals surface area contributed by atoms with Crippen LogP contribution in [0.25, 0.3) is 0 Å². The van der Waals surface area contributed by atoms with Gasteiger partial charge in [0.25, 0.3) is 0 Å². The molecule has 29 heavy (non-hydrogen) atoms. The van der Waals surface area contributed by atoms with Crippen LogP contribution in [-0.2, 0) is 16.0 Å². The van der Waals surface area contributed by atoms with Crippen molar-refractivity contribution >= 4 is 57.8 Å². The molecular weight excluding hydrogens is 411 g/mol. The maximum atomic E-state index is 11.8. The predicted octanol–water partition coefficient (Wildman–Crippen LogP) is 5.32. The van der Waals surface area contributed by atoms with Crippen molar-refractivity contribution in [2.75, 3.05) is 10.6 Å². The Morgan fingerprint density at radius 2 is 1.17 bits per heavy atom. The minimum Gasteiger partial charge on any atom is -0.324 e. The first kappa shape index (κ1) is 22.6. The molecule has 0 spiro atoms. The molecule has 2 aromatic rings. The monoisotopic (exact) mass is 432 g/mol. The van der Waals surface area contributed by atoms with Crippen LogP contribution in [0.15, 0.2) is 36.4 Å². The summed E-state index contributed by atoms with van der Waals surface area (Å²) in [5, 5.41) is 20.9. The van der Waals surface area contributed by atoms with E-state index in [1.807, 2.05) is 12.1 Å². The topological polar surface area (TPSA) is 106 Å². The summed E-state index contributed by atoms with van der Waals surface area (Å²) in [7, 11) is 0. The van der Waals surface area contributed by atoms with Crippen LogP contribution in [0.2, 0.25) is 10.0 Å². The Labute approximate surface area is 179 Å². The van der Waals surface area contributed by atoms with Crippen molar-refractivity contribution in [3.05, 3.63) is 57.6 Å². The van der Waals surface area contributed by atoms with Gasteiger partial charge in [-0.1, -0.05) is 35.3 Å². The van der Waals surface area contributed by atoms with Gasteiger partial charge in [0.15, 0.2) is 0 Å². The number of nitrogens with one attached hydrogen (secondary N) is 4. The minimum absolute atomic E-state index is 0.0266. The maximum Gasteiger partial charge on any atom is 0.230 e. The second-order valence-electron chi connectivity index (χ2n) is 6.82. The number of amides is 2. The molecule has 0 aliphatic rings. The van der Waals surface area contributed by atoms with Crippen molar-refractivity contribution in [3.63, 3.8) is 0 Å². The molecule has 0 fully saturated rings. The molecule has 2 aromatic carbocycles. The molecule has 0 unspecified atom stereocenters. The standard InChI is InChI=1S/C21H22Cl2N4O2/c1-12(24)7-20(28)26-18-5-3-14(10-16(18)22)9-15-4-6-19(17(23)11-15)27-21(29)8-13(2)25/h3-6,10-11,24-25H,7-9H2,1-2H3,(H,26,28)(H,27,29). The first-order chi connectivity index (χ1) is 13.6. The summed E-state index contributed by atoms with van der Waals surface area (Å²) < 4.78 is 0. The largest absolute Gasteiger partial charge is 0.324 e. The van der Waals surface area contributed by atoms with E-state index in [-0.39, 0.29) is 36.1 Å². The van der Waals surface area contributed by atoms with Crippen LogP contribution < -0.4 is 10.6 Å². The van der Waals surface area contributed by atoms with Gasteiger partial charge >= 0.3 is 0 Å². The highest BCUT2D eigenvalue weighted by molar-refractivity contribution is 6.34. The van der Waals surface area contributed by atoms with Gasteiger partial charge in [-0.15, -0.1) is 0 Å². The molecule has 0 heterocycles. The number of carbonyl (C=O) groups is 2. The number of anilines is 2. The smallest absolute Gasteiger partial charge is 0.230 e. The lowest BCUT2D eigenvalue weighted by molar-refractivity contribution is -0.115. The second kappa shape index (κ2) is 10.2. The number of hydrogen-bond acceptors (Lipinski definition) is 4. The third-order valence-corrected chi connectivity index (χ3v) is 4.50. The van der Waals surface area contributed by atoms with E-state index in [2.05, 4.69) is 10.6 Å². The van der Waals surface area contributed by atoms with Gasteiger partial charge in [-0.3, -0.25) is 9.59 Å². The Kier molecular flexibility index (Phi) is 7.93. The van der Waals surface area contributed by atoms with Crippen LogP contribution in [-0.4, -0.2) is 23.2 Å². The molecular formula is C21H22Cl2N4O2. The first-order valence-corrected chi connectivity index (χ1v) is 9.64. The Morgan fingerprint density at radius 3 is 1.48 bits per heavy atom. The number of carbonyl (C=O) groups excluding carboxylic acids is 2.